The number of nitrogens with one attached hydrogen (secondary N) is 1. The van der Waals surface area contributed by atoms with E-state index in [0.29, 0.717) is 29.2 Å². The lowest BCUT2D eigenvalue weighted by Crippen LogP contribution is -2.48. The summed E-state index contributed by atoms with van der Waals surface area (Å²) in [5, 5.41) is 8.04. The number of piperidine rings is 1. The third-order valence-corrected chi connectivity index (χ3v) is 6.40. The van der Waals surface area contributed by atoms with Crippen LogP contribution in [0.25, 0.3) is 5.65 Å². The summed E-state index contributed by atoms with van der Waals surface area (Å²) in [6, 6.07) is 5.67. The van der Waals surface area contributed by atoms with Gasteiger partial charge < -0.3 is 15.0 Å². The number of alkyl halides is 3. The number of rotatable bonds is 7. The van der Waals surface area contributed by atoms with Gasteiger partial charge in [-0.2, -0.15) is 18.2 Å². The summed E-state index contributed by atoms with van der Waals surface area (Å²) in [7, 11) is 0. The summed E-state index contributed by atoms with van der Waals surface area (Å²) in [4.78, 5) is 15.7. The maximum absolute atomic E-state index is 12.4. The molecule has 5 rings (SSSR count). The van der Waals surface area contributed by atoms with E-state index in [2.05, 4.69) is 30.3 Å². The number of anilines is 2. The molecule has 11 heteroatoms. The largest absolute Gasteiger partial charge is 0.490 e. The maximum atomic E-state index is 12.4. The number of hydrogen-bond acceptors (Lipinski definition) is 7. The van der Waals surface area contributed by atoms with Crippen LogP contribution in [0.1, 0.15) is 31.5 Å². The Labute approximate surface area is 189 Å². The first-order chi connectivity index (χ1) is 15.9. The van der Waals surface area contributed by atoms with E-state index >= 15 is 0 Å². The summed E-state index contributed by atoms with van der Waals surface area (Å²) in [6.07, 6.45) is 0.664. The number of halogens is 3. The van der Waals surface area contributed by atoms with Gasteiger partial charge in [-0.05, 0) is 56.2 Å². The molecule has 3 aromatic rings. The Morgan fingerprint density at radius 2 is 1.94 bits per heavy atom. The molecule has 1 aliphatic carbocycles. The van der Waals surface area contributed by atoms with Gasteiger partial charge >= 0.3 is 6.18 Å². The van der Waals surface area contributed by atoms with Crippen molar-refractivity contribution < 1.29 is 17.9 Å². The fraction of sp³-hybridized carbons (Fsp3) is 0.545. The van der Waals surface area contributed by atoms with Crippen molar-refractivity contribution in [3.05, 3.63) is 36.4 Å². The van der Waals surface area contributed by atoms with E-state index in [1.54, 1.807) is 29.0 Å². The Kier molecular flexibility index (Phi) is 5.71. The van der Waals surface area contributed by atoms with Gasteiger partial charge in [-0.1, -0.05) is 0 Å². The molecule has 0 radical (unpaired) electrons. The molecule has 1 N–H and O–H groups in total. The molecule has 1 saturated heterocycles. The topological polar surface area (TPSA) is 80.5 Å². The minimum Gasteiger partial charge on any atom is -0.490 e. The molecule has 0 amide bonds. The molecule has 4 heterocycles. The van der Waals surface area contributed by atoms with Gasteiger partial charge in [0, 0.05) is 37.9 Å². The fourth-order valence-electron chi connectivity index (χ4n) is 4.92. The van der Waals surface area contributed by atoms with Crippen LogP contribution in [0.15, 0.2) is 30.6 Å². The average molecular weight is 461 g/mol. The van der Waals surface area contributed by atoms with E-state index in [9.17, 15) is 13.2 Å². The van der Waals surface area contributed by atoms with Gasteiger partial charge in [-0.15, -0.1) is 5.10 Å². The normalized spacial score (nSPS) is 22.7. The predicted molar refractivity (Wildman–Crippen MR) is 116 cm³/mol. The smallest absolute Gasteiger partial charge is 0.389 e. The van der Waals surface area contributed by atoms with Crippen molar-refractivity contribution in [2.45, 2.75) is 44.8 Å². The number of fused-ring (bicyclic) bond motifs is 3. The quantitative estimate of drug-likeness (QED) is 0.535. The average Bonchev–Trinajstić information content (AvgIpc) is 3.27. The summed E-state index contributed by atoms with van der Waals surface area (Å²) >= 11 is 0. The molecule has 0 spiro atoms. The van der Waals surface area contributed by atoms with Crippen molar-refractivity contribution in [3.63, 3.8) is 0 Å². The van der Waals surface area contributed by atoms with Gasteiger partial charge in [0.25, 0.3) is 0 Å². The molecule has 2 fully saturated rings. The van der Waals surface area contributed by atoms with Gasteiger partial charge in [0.15, 0.2) is 11.4 Å². The Morgan fingerprint density at radius 1 is 1.15 bits per heavy atom. The Bertz CT molecular complexity index is 1100. The van der Waals surface area contributed by atoms with Crippen LogP contribution in [-0.4, -0.2) is 56.5 Å². The van der Waals surface area contributed by atoms with E-state index in [-0.39, 0.29) is 19.1 Å². The first-order valence-corrected chi connectivity index (χ1v) is 11.2. The highest BCUT2D eigenvalue weighted by molar-refractivity contribution is 5.56. The minimum atomic E-state index is -4.18. The van der Waals surface area contributed by atoms with Crippen LogP contribution in [-0.2, 0) is 0 Å². The van der Waals surface area contributed by atoms with Crippen LogP contribution in [0.3, 0.4) is 0 Å². The molecule has 2 bridgehead atoms. The van der Waals surface area contributed by atoms with Crippen LogP contribution in [0, 0.1) is 18.8 Å². The third kappa shape index (κ3) is 4.81. The Morgan fingerprint density at radius 3 is 2.67 bits per heavy atom. The van der Waals surface area contributed by atoms with E-state index in [1.165, 1.54) is 0 Å². The van der Waals surface area contributed by atoms with Crippen LogP contribution < -0.4 is 15.0 Å². The molecule has 2 aliphatic rings. The lowest BCUT2D eigenvalue weighted by Gasteiger charge is -2.38. The van der Waals surface area contributed by atoms with Gasteiger partial charge in [-0.3, -0.25) is 0 Å². The van der Waals surface area contributed by atoms with Crippen molar-refractivity contribution in [1.29, 1.82) is 0 Å². The van der Waals surface area contributed by atoms with Crippen molar-refractivity contribution >= 4 is 17.4 Å². The predicted octanol–water partition coefficient (Wildman–Crippen LogP) is 3.88. The molecular weight excluding hydrogens is 435 g/mol. The summed E-state index contributed by atoms with van der Waals surface area (Å²) in [6.45, 7) is 3.69. The first-order valence-electron chi connectivity index (χ1n) is 11.2. The third-order valence-electron chi connectivity index (χ3n) is 6.40. The van der Waals surface area contributed by atoms with Crippen LogP contribution in [0.4, 0.5) is 24.9 Å². The van der Waals surface area contributed by atoms with E-state index < -0.39 is 12.6 Å². The molecule has 33 heavy (non-hydrogen) atoms. The molecule has 0 aromatic carbocycles. The zero-order valence-electron chi connectivity index (χ0n) is 18.3. The zero-order chi connectivity index (χ0) is 23.0. The number of hydrogen-bond donors (Lipinski definition) is 1. The summed E-state index contributed by atoms with van der Waals surface area (Å²) in [5.74, 6) is 3.57. The number of ether oxygens (including phenoxy) is 1. The van der Waals surface area contributed by atoms with Crippen molar-refractivity contribution in [2.75, 3.05) is 29.9 Å². The monoisotopic (exact) mass is 461 g/mol. The molecule has 1 saturated carbocycles. The highest BCUT2D eigenvalue weighted by Crippen LogP contribution is 2.39. The highest BCUT2D eigenvalue weighted by atomic mass is 19.4. The SMILES string of the molecule is Cc1nccc(N2CC3CCC(C2)C3Nc2nc3c(OCCCC(F)(F)F)cccn3n2)n1. The Balaban J connectivity index is 1.25. The molecule has 2 unspecified atom stereocenters. The zero-order valence-corrected chi connectivity index (χ0v) is 18.3. The van der Waals surface area contributed by atoms with Crippen LogP contribution in [0.2, 0.25) is 0 Å². The van der Waals surface area contributed by atoms with Crippen molar-refractivity contribution in [2.24, 2.45) is 11.8 Å². The first kappa shape index (κ1) is 21.7. The number of pyridine rings is 1. The maximum Gasteiger partial charge on any atom is 0.389 e. The second-order valence-corrected chi connectivity index (χ2v) is 8.78. The van der Waals surface area contributed by atoms with Gasteiger partial charge in [-0.25, -0.2) is 14.5 Å². The van der Waals surface area contributed by atoms with Gasteiger partial charge in [0.2, 0.25) is 5.95 Å². The number of aromatic nitrogens is 5. The standard InChI is InChI=1S/C22H26F3N7O/c1-14-26-9-7-18(27-14)31-12-15-5-6-16(13-31)19(15)28-21-29-20-17(4-2-10-32(20)30-21)33-11-3-8-22(23,24)25/h2,4,7,9-10,15-16,19H,3,5-6,8,11-13H2,1H3,(H,28,30). The second-order valence-electron chi connectivity index (χ2n) is 8.78. The molecule has 176 valence electrons. The van der Waals surface area contributed by atoms with Crippen LogP contribution >= 0.6 is 0 Å². The molecular formula is C22H26F3N7O. The lowest BCUT2D eigenvalue weighted by atomic mass is 9.92. The number of aryl methyl sites for hydroxylation is 1. The van der Waals surface area contributed by atoms with Crippen LogP contribution in [0.5, 0.6) is 5.75 Å². The second kappa shape index (κ2) is 8.68. The molecule has 8 nitrogen and oxygen atoms in total. The van der Waals surface area contributed by atoms with E-state index in [4.69, 9.17) is 4.74 Å². The van der Waals surface area contributed by atoms with E-state index in [1.807, 2.05) is 13.0 Å². The van der Waals surface area contributed by atoms with Gasteiger partial charge in [0.05, 0.1) is 6.61 Å². The van der Waals surface area contributed by atoms with Crippen molar-refractivity contribution in [3.8, 4) is 5.75 Å². The molecule has 3 aromatic heterocycles. The fourth-order valence-corrected chi connectivity index (χ4v) is 4.92. The van der Waals surface area contributed by atoms with Gasteiger partial charge in [0.1, 0.15) is 11.6 Å². The Hall–Kier alpha value is -3.11. The lowest BCUT2D eigenvalue weighted by molar-refractivity contribution is -0.136. The highest BCUT2D eigenvalue weighted by Gasteiger charge is 2.43. The summed E-state index contributed by atoms with van der Waals surface area (Å²) in [5.41, 5.74) is 0.494. The van der Waals surface area contributed by atoms with E-state index in [0.717, 1.165) is 37.6 Å². The van der Waals surface area contributed by atoms with Crippen molar-refractivity contribution in [1.82, 2.24) is 24.6 Å². The minimum absolute atomic E-state index is 0.0278. The number of nitrogens with zero attached hydrogens (tertiary/aromatic N) is 6. The molecule has 2 atom stereocenters. The molecule has 1 aliphatic heterocycles. The summed E-state index contributed by atoms with van der Waals surface area (Å²) < 4.78 is 44.3.